The van der Waals surface area contributed by atoms with Crippen molar-refractivity contribution in [1.29, 1.82) is 5.26 Å². The molecule has 4 nitrogen and oxygen atoms in total. The van der Waals surface area contributed by atoms with Gasteiger partial charge < -0.3 is 5.32 Å². The lowest BCUT2D eigenvalue weighted by Gasteiger charge is -2.17. The summed E-state index contributed by atoms with van der Waals surface area (Å²) in [6.07, 6.45) is 3.34. The average Bonchev–Trinajstić information content (AvgIpc) is 2.90. The van der Waals surface area contributed by atoms with E-state index >= 15 is 0 Å². The molecule has 2 aliphatic rings. The third-order valence-electron chi connectivity index (χ3n) is 3.94. The predicted octanol–water partition coefficient (Wildman–Crippen LogP) is 2.82. The van der Waals surface area contributed by atoms with Crippen LogP contribution in [0, 0.1) is 23.1 Å². The number of nitrogens with one attached hydrogen (secondary N) is 1. The van der Waals surface area contributed by atoms with Crippen LogP contribution >= 0.6 is 11.8 Å². The highest BCUT2D eigenvalue weighted by atomic mass is 32.2. The summed E-state index contributed by atoms with van der Waals surface area (Å²) in [6.45, 7) is 0.706. The van der Waals surface area contributed by atoms with Gasteiger partial charge in [0.05, 0.1) is 17.4 Å². The van der Waals surface area contributed by atoms with E-state index in [4.69, 9.17) is 0 Å². The van der Waals surface area contributed by atoms with Gasteiger partial charge in [0.25, 0.3) is 0 Å². The van der Waals surface area contributed by atoms with E-state index in [1.54, 1.807) is 18.3 Å². The minimum Gasteiger partial charge on any atom is -0.342 e. The second kappa shape index (κ2) is 6.97. The third kappa shape index (κ3) is 3.62. The fraction of sp³-hybridized carbons (Fsp3) is 0.353. The van der Waals surface area contributed by atoms with Crippen molar-refractivity contribution in [3.8, 4) is 6.07 Å². The van der Waals surface area contributed by atoms with E-state index in [9.17, 15) is 14.4 Å². The van der Waals surface area contributed by atoms with Gasteiger partial charge in [0.15, 0.2) is 0 Å². The largest absolute Gasteiger partial charge is 0.342 e. The van der Waals surface area contributed by atoms with Gasteiger partial charge >= 0.3 is 0 Å². The number of carbonyl (C=O) groups is 1. The number of rotatable bonds is 4. The molecule has 2 heterocycles. The maximum atomic E-state index is 13.1. The Morgan fingerprint density at radius 1 is 1.52 bits per heavy atom. The highest BCUT2D eigenvalue weighted by Crippen LogP contribution is 2.42. The van der Waals surface area contributed by atoms with E-state index in [2.05, 4.69) is 16.4 Å². The first-order valence-electron chi connectivity index (χ1n) is 7.50. The normalized spacial score (nSPS) is 22.6. The van der Waals surface area contributed by atoms with Gasteiger partial charge in [-0.3, -0.25) is 9.79 Å². The molecular formula is C17H16FN3OS. The predicted molar refractivity (Wildman–Crippen MR) is 88.3 cm³/mol. The molecule has 23 heavy (non-hydrogen) atoms. The second-order valence-corrected chi connectivity index (χ2v) is 6.70. The molecule has 2 unspecified atom stereocenters. The molecule has 3 rings (SSSR count). The molecule has 0 bridgehead atoms. The fourth-order valence-electron chi connectivity index (χ4n) is 2.78. The standard InChI is InChI=1S/C17H16FN3OS/c18-12-3-1-2-11(8-12)4-5-16(22)21-17-14(9-19)13-6-7-20-10-15(13)23-17/h1-3,8,10,14,17H,4-7H2,(H,21,22). The Morgan fingerprint density at radius 3 is 3.17 bits per heavy atom. The first-order valence-corrected chi connectivity index (χ1v) is 8.38. The number of dihydropyridines is 1. The smallest absolute Gasteiger partial charge is 0.221 e. The van der Waals surface area contributed by atoms with Crippen molar-refractivity contribution in [2.45, 2.75) is 24.6 Å². The number of allylic oxidation sites excluding steroid dienone is 1. The zero-order chi connectivity index (χ0) is 16.2. The Hall–Kier alpha value is -2.13. The Bertz CT molecular complexity index is 723. The first kappa shape index (κ1) is 15.8. The number of amides is 1. The fourth-order valence-corrected chi connectivity index (χ4v) is 4.12. The molecule has 6 heteroatoms. The Morgan fingerprint density at radius 2 is 2.39 bits per heavy atom. The van der Waals surface area contributed by atoms with Crippen molar-refractivity contribution in [3.63, 3.8) is 0 Å². The summed E-state index contributed by atoms with van der Waals surface area (Å²) < 4.78 is 13.1. The van der Waals surface area contributed by atoms with Crippen LogP contribution in [-0.2, 0) is 11.2 Å². The lowest BCUT2D eigenvalue weighted by molar-refractivity contribution is -0.121. The lowest BCUT2D eigenvalue weighted by atomic mass is 9.96. The minimum absolute atomic E-state index is 0.121. The highest BCUT2D eigenvalue weighted by Gasteiger charge is 2.36. The monoisotopic (exact) mass is 329 g/mol. The molecule has 0 fully saturated rings. The maximum absolute atomic E-state index is 13.1. The summed E-state index contributed by atoms with van der Waals surface area (Å²) in [7, 11) is 0. The molecule has 1 amide bonds. The van der Waals surface area contributed by atoms with E-state index in [1.807, 2.05) is 0 Å². The van der Waals surface area contributed by atoms with Crippen LogP contribution < -0.4 is 5.32 Å². The number of thioether (sulfide) groups is 1. The van der Waals surface area contributed by atoms with Crippen molar-refractivity contribution in [3.05, 3.63) is 46.1 Å². The van der Waals surface area contributed by atoms with Crippen LogP contribution in [0.15, 0.2) is 39.7 Å². The van der Waals surface area contributed by atoms with Gasteiger partial charge in [0.2, 0.25) is 5.91 Å². The first-order chi connectivity index (χ1) is 11.2. The van der Waals surface area contributed by atoms with Gasteiger partial charge in [-0.15, -0.1) is 0 Å². The number of aryl methyl sites for hydroxylation is 1. The van der Waals surface area contributed by atoms with Crippen LogP contribution in [0.5, 0.6) is 0 Å². The van der Waals surface area contributed by atoms with E-state index in [0.717, 1.165) is 22.5 Å². The van der Waals surface area contributed by atoms with Gasteiger partial charge in [0, 0.05) is 24.1 Å². The Kier molecular flexibility index (Phi) is 4.77. The van der Waals surface area contributed by atoms with Crippen LogP contribution in [0.4, 0.5) is 4.39 Å². The van der Waals surface area contributed by atoms with E-state index < -0.39 is 0 Å². The molecule has 118 valence electrons. The van der Waals surface area contributed by atoms with Gasteiger partial charge in [-0.1, -0.05) is 23.9 Å². The molecular weight excluding hydrogens is 313 g/mol. The number of halogens is 1. The zero-order valence-electron chi connectivity index (χ0n) is 12.5. The molecule has 0 aromatic heterocycles. The Balaban J connectivity index is 1.56. The van der Waals surface area contributed by atoms with Crippen LogP contribution in [-0.4, -0.2) is 24.0 Å². The van der Waals surface area contributed by atoms with E-state index in [-0.39, 0.29) is 29.4 Å². The van der Waals surface area contributed by atoms with Gasteiger partial charge in [-0.05, 0) is 36.1 Å². The quantitative estimate of drug-likeness (QED) is 0.924. The van der Waals surface area contributed by atoms with Crippen LogP contribution in [0.1, 0.15) is 18.4 Å². The molecule has 2 aliphatic heterocycles. The Labute approximate surface area is 138 Å². The lowest BCUT2D eigenvalue weighted by Crippen LogP contribution is -2.36. The molecule has 1 aromatic rings. The average molecular weight is 329 g/mol. The maximum Gasteiger partial charge on any atom is 0.221 e. The summed E-state index contributed by atoms with van der Waals surface area (Å²) in [6, 6.07) is 8.55. The molecule has 0 spiro atoms. The van der Waals surface area contributed by atoms with Crippen LogP contribution in [0.2, 0.25) is 0 Å². The topological polar surface area (TPSA) is 65.2 Å². The second-order valence-electron chi connectivity index (χ2n) is 5.52. The van der Waals surface area contributed by atoms with Crippen molar-refractivity contribution in [2.75, 3.05) is 6.54 Å². The molecule has 1 N–H and O–H groups in total. The summed E-state index contributed by atoms with van der Waals surface area (Å²) >= 11 is 1.50. The number of hydrogen-bond acceptors (Lipinski definition) is 4. The van der Waals surface area contributed by atoms with E-state index in [1.165, 1.54) is 23.9 Å². The number of hydrogen-bond donors (Lipinski definition) is 1. The third-order valence-corrected chi connectivity index (χ3v) is 5.20. The van der Waals surface area contributed by atoms with E-state index in [0.29, 0.717) is 13.0 Å². The van der Waals surface area contributed by atoms with Crippen molar-refractivity contribution >= 4 is 23.9 Å². The number of aliphatic imine (C=N–C) groups is 1. The molecule has 0 radical (unpaired) electrons. The van der Waals surface area contributed by atoms with Crippen LogP contribution in [0.25, 0.3) is 0 Å². The molecule has 2 atom stereocenters. The summed E-state index contributed by atoms with van der Waals surface area (Å²) in [5.74, 6) is -0.710. The van der Waals surface area contributed by atoms with Gasteiger partial charge in [-0.25, -0.2) is 4.39 Å². The molecule has 0 saturated carbocycles. The number of nitrogens with zero attached hydrogens (tertiary/aromatic N) is 2. The number of nitriles is 1. The van der Waals surface area contributed by atoms with Gasteiger partial charge in [0.1, 0.15) is 5.82 Å². The summed E-state index contributed by atoms with van der Waals surface area (Å²) in [4.78, 5) is 17.4. The number of benzene rings is 1. The van der Waals surface area contributed by atoms with Crippen molar-refractivity contribution in [2.24, 2.45) is 10.9 Å². The van der Waals surface area contributed by atoms with Crippen molar-refractivity contribution < 1.29 is 9.18 Å². The summed E-state index contributed by atoms with van der Waals surface area (Å²) in [5, 5.41) is 12.1. The van der Waals surface area contributed by atoms with Crippen LogP contribution in [0.3, 0.4) is 0 Å². The molecule has 0 saturated heterocycles. The van der Waals surface area contributed by atoms with Gasteiger partial charge in [-0.2, -0.15) is 5.26 Å². The van der Waals surface area contributed by atoms with Crippen molar-refractivity contribution in [1.82, 2.24) is 5.32 Å². The molecule has 0 aliphatic carbocycles. The highest BCUT2D eigenvalue weighted by molar-refractivity contribution is 8.04. The molecule has 1 aromatic carbocycles. The number of carbonyl (C=O) groups excluding carboxylic acids is 1. The zero-order valence-corrected chi connectivity index (χ0v) is 13.3. The SMILES string of the molecule is N#CC1C2=C(C=NCC2)SC1NC(=O)CCc1cccc(F)c1. The summed E-state index contributed by atoms with van der Waals surface area (Å²) in [5.41, 5.74) is 1.88. The minimum atomic E-state index is -0.296.